The van der Waals surface area contributed by atoms with Gasteiger partial charge in [0.05, 0.1) is 19.2 Å². The summed E-state index contributed by atoms with van der Waals surface area (Å²) in [6.07, 6.45) is -0.0130. The Bertz CT molecular complexity index is 668. The van der Waals surface area contributed by atoms with Crippen molar-refractivity contribution >= 4 is 23.5 Å². The zero-order valence-electron chi connectivity index (χ0n) is 14.4. The molecule has 4 amide bonds. The third kappa shape index (κ3) is 3.58. The van der Waals surface area contributed by atoms with Crippen molar-refractivity contribution in [2.24, 2.45) is 0 Å². The Morgan fingerprint density at radius 2 is 1.80 bits per heavy atom. The van der Waals surface area contributed by atoms with Crippen LogP contribution in [0.2, 0.25) is 0 Å². The Hall–Kier alpha value is -2.61. The summed E-state index contributed by atoms with van der Waals surface area (Å²) in [5.41, 5.74) is 0.456. The number of urea groups is 1. The summed E-state index contributed by atoms with van der Waals surface area (Å²) in [5.74, 6) is 0.124. The molecule has 25 heavy (non-hydrogen) atoms. The highest BCUT2D eigenvalue weighted by Gasteiger charge is 2.40. The summed E-state index contributed by atoms with van der Waals surface area (Å²) in [6, 6.07) is 5.31. The average Bonchev–Trinajstić information content (AvgIpc) is 2.89. The minimum atomic E-state index is -0.818. The summed E-state index contributed by atoms with van der Waals surface area (Å²) in [5, 5.41) is 2.61. The lowest BCUT2D eigenvalue weighted by molar-refractivity contribution is -0.135. The Kier molecular flexibility index (Phi) is 4.89. The zero-order chi connectivity index (χ0) is 18.0. The number of hydrogen-bond acceptors (Lipinski definition) is 5. The molecule has 2 aliphatic rings. The molecule has 0 bridgehead atoms. The van der Waals surface area contributed by atoms with Crippen molar-refractivity contribution < 1.29 is 19.1 Å². The number of carbonyl (C=O) groups is 3. The number of benzene rings is 1. The fraction of sp³-hybridized carbons (Fsp3) is 0.471. The van der Waals surface area contributed by atoms with Gasteiger partial charge in [-0.1, -0.05) is 0 Å². The maximum absolute atomic E-state index is 12.6. The molecule has 1 atom stereocenters. The summed E-state index contributed by atoms with van der Waals surface area (Å²) in [7, 11) is 3.55. The predicted molar refractivity (Wildman–Crippen MR) is 91.5 cm³/mol. The maximum atomic E-state index is 12.6. The van der Waals surface area contributed by atoms with Crippen molar-refractivity contribution in [3.05, 3.63) is 24.3 Å². The summed E-state index contributed by atoms with van der Waals surface area (Å²) in [6.45, 7) is 2.92. The van der Waals surface area contributed by atoms with Gasteiger partial charge < -0.3 is 19.9 Å². The normalized spacial score (nSPS) is 21.4. The van der Waals surface area contributed by atoms with Crippen LogP contribution in [-0.4, -0.2) is 74.0 Å². The van der Waals surface area contributed by atoms with Crippen LogP contribution in [0.4, 0.5) is 10.5 Å². The number of piperazine rings is 1. The second-order valence-electron chi connectivity index (χ2n) is 6.26. The van der Waals surface area contributed by atoms with E-state index in [0.717, 1.165) is 18.0 Å². The van der Waals surface area contributed by atoms with E-state index in [2.05, 4.69) is 10.2 Å². The number of anilines is 1. The van der Waals surface area contributed by atoms with Gasteiger partial charge in [-0.05, 0) is 31.3 Å². The molecule has 0 aromatic heterocycles. The summed E-state index contributed by atoms with van der Waals surface area (Å²) in [4.78, 5) is 42.1. The standard InChI is InChI=1S/C17H22N4O4/c1-19-7-9-20(10-8-19)15(22)11-14-16(23)21(17(24)18-14)12-3-5-13(25-2)6-4-12/h3-6,14H,7-11H2,1-2H3,(H,18,24). The number of imide groups is 1. The number of nitrogens with one attached hydrogen (secondary N) is 1. The van der Waals surface area contributed by atoms with Crippen molar-refractivity contribution in [1.82, 2.24) is 15.1 Å². The van der Waals surface area contributed by atoms with Crippen LogP contribution in [0.25, 0.3) is 0 Å². The minimum Gasteiger partial charge on any atom is -0.497 e. The second-order valence-corrected chi connectivity index (χ2v) is 6.26. The van der Waals surface area contributed by atoms with E-state index in [4.69, 9.17) is 4.74 Å². The molecule has 1 N–H and O–H groups in total. The average molecular weight is 346 g/mol. The van der Waals surface area contributed by atoms with E-state index in [1.165, 1.54) is 0 Å². The Labute approximate surface area is 146 Å². The molecule has 8 nitrogen and oxygen atoms in total. The van der Waals surface area contributed by atoms with Crippen LogP contribution in [0.3, 0.4) is 0 Å². The molecule has 1 aromatic rings. The lowest BCUT2D eigenvalue weighted by Gasteiger charge is -2.32. The van der Waals surface area contributed by atoms with Crippen molar-refractivity contribution in [3.63, 3.8) is 0 Å². The van der Waals surface area contributed by atoms with Crippen LogP contribution < -0.4 is 15.0 Å². The van der Waals surface area contributed by atoms with Gasteiger partial charge in [0.25, 0.3) is 5.91 Å². The van der Waals surface area contributed by atoms with E-state index >= 15 is 0 Å². The molecular formula is C17H22N4O4. The van der Waals surface area contributed by atoms with Crippen LogP contribution in [0.1, 0.15) is 6.42 Å². The van der Waals surface area contributed by atoms with E-state index in [1.54, 1.807) is 36.3 Å². The largest absolute Gasteiger partial charge is 0.497 e. The van der Waals surface area contributed by atoms with Gasteiger partial charge in [0.15, 0.2) is 0 Å². The molecule has 8 heteroatoms. The molecule has 0 spiro atoms. The van der Waals surface area contributed by atoms with Gasteiger partial charge >= 0.3 is 6.03 Å². The molecule has 2 fully saturated rings. The molecule has 1 aromatic carbocycles. The van der Waals surface area contributed by atoms with Crippen LogP contribution in [-0.2, 0) is 9.59 Å². The van der Waals surface area contributed by atoms with Crippen molar-refractivity contribution in [2.45, 2.75) is 12.5 Å². The molecule has 2 heterocycles. The van der Waals surface area contributed by atoms with Crippen LogP contribution >= 0.6 is 0 Å². The third-order valence-corrected chi connectivity index (χ3v) is 4.58. The first kappa shape index (κ1) is 17.2. The smallest absolute Gasteiger partial charge is 0.329 e. The lowest BCUT2D eigenvalue weighted by Crippen LogP contribution is -2.48. The van der Waals surface area contributed by atoms with Gasteiger partial charge in [-0.2, -0.15) is 0 Å². The van der Waals surface area contributed by atoms with Gasteiger partial charge in [-0.3, -0.25) is 9.59 Å². The number of hydrogen-bond donors (Lipinski definition) is 1. The number of rotatable bonds is 4. The van der Waals surface area contributed by atoms with E-state index < -0.39 is 18.0 Å². The van der Waals surface area contributed by atoms with Gasteiger partial charge in [0.1, 0.15) is 11.8 Å². The molecule has 2 saturated heterocycles. The minimum absolute atomic E-state index is 0.0130. The van der Waals surface area contributed by atoms with Crippen LogP contribution in [0.5, 0.6) is 5.75 Å². The van der Waals surface area contributed by atoms with Crippen LogP contribution in [0, 0.1) is 0 Å². The number of nitrogens with zero attached hydrogens (tertiary/aromatic N) is 3. The number of likely N-dealkylation sites (N-methyl/N-ethyl adjacent to an activating group) is 1. The van der Waals surface area contributed by atoms with Gasteiger partial charge in [-0.15, -0.1) is 0 Å². The molecule has 0 aliphatic carbocycles. The fourth-order valence-electron chi connectivity index (χ4n) is 3.00. The highest BCUT2D eigenvalue weighted by molar-refractivity contribution is 6.22. The highest BCUT2D eigenvalue weighted by atomic mass is 16.5. The number of methoxy groups -OCH3 is 1. The summed E-state index contributed by atoms with van der Waals surface area (Å²) < 4.78 is 5.08. The molecule has 3 rings (SSSR count). The predicted octanol–water partition coefficient (Wildman–Crippen LogP) is 0.284. The molecule has 0 saturated carbocycles. The quantitative estimate of drug-likeness (QED) is 0.792. The maximum Gasteiger partial charge on any atom is 0.329 e. The zero-order valence-corrected chi connectivity index (χ0v) is 14.4. The van der Waals surface area contributed by atoms with Crippen molar-refractivity contribution in [1.29, 1.82) is 0 Å². The first-order chi connectivity index (χ1) is 12.0. The Morgan fingerprint density at radius 3 is 2.40 bits per heavy atom. The van der Waals surface area contributed by atoms with E-state index in [0.29, 0.717) is 24.5 Å². The van der Waals surface area contributed by atoms with Crippen LogP contribution in [0.15, 0.2) is 24.3 Å². The van der Waals surface area contributed by atoms with E-state index in [1.807, 2.05) is 7.05 Å². The number of carbonyl (C=O) groups excluding carboxylic acids is 3. The third-order valence-electron chi connectivity index (χ3n) is 4.58. The monoisotopic (exact) mass is 346 g/mol. The first-order valence-corrected chi connectivity index (χ1v) is 8.24. The molecule has 1 unspecified atom stereocenters. The second kappa shape index (κ2) is 7.10. The highest BCUT2D eigenvalue weighted by Crippen LogP contribution is 2.23. The molecule has 134 valence electrons. The molecule has 0 radical (unpaired) electrons. The van der Waals surface area contributed by atoms with Crippen molar-refractivity contribution in [2.75, 3.05) is 45.2 Å². The van der Waals surface area contributed by atoms with Gasteiger partial charge in [0, 0.05) is 26.2 Å². The Morgan fingerprint density at radius 1 is 1.16 bits per heavy atom. The van der Waals surface area contributed by atoms with E-state index in [9.17, 15) is 14.4 Å². The SMILES string of the molecule is COc1ccc(N2C(=O)NC(CC(=O)N3CCN(C)CC3)C2=O)cc1. The fourth-order valence-corrected chi connectivity index (χ4v) is 3.00. The summed E-state index contributed by atoms with van der Waals surface area (Å²) >= 11 is 0. The molecule has 2 aliphatic heterocycles. The van der Waals surface area contributed by atoms with E-state index in [-0.39, 0.29) is 12.3 Å². The number of amides is 4. The Balaban J connectivity index is 1.65. The topological polar surface area (TPSA) is 82.2 Å². The van der Waals surface area contributed by atoms with Crippen molar-refractivity contribution in [3.8, 4) is 5.75 Å². The van der Waals surface area contributed by atoms with Gasteiger partial charge in [-0.25, -0.2) is 9.69 Å². The first-order valence-electron chi connectivity index (χ1n) is 8.24. The lowest BCUT2D eigenvalue weighted by atomic mass is 10.1. The molecular weight excluding hydrogens is 324 g/mol. The number of ether oxygens (including phenoxy) is 1. The van der Waals surface area contributed by atoms with Gasteiger partial charge in [0.2, 0.25) is 5.91 Å².